The summed E-state index contributed by atoms with van der Waals surface area (Å²) in [6.07, 6.45) is 0. The molecule has 9 heteroatoms. The Morgan fingerprint density at radius 3 is 2.69 bits per heavy atom. The molecule has 0 aliphatic carbocycles. The molecule has 1 atom stereocenters. The van der Waals surface area contributed by atoms with Crippen LogP contribution in [0.25, 0.3) is 0 Å². The number of nitrogens with zero attached hydrogens (tertiary/aromatic N) is 1. The molecule has 0 radical (unpaired) electrons. The van der Waals surface area contributed by atoms with E-state index < -0.39 is 30.1 Å². The highest BCUT2D eigenvalue weighted by molar-refractivity contribution is 5.92. The summed E-state index contributed by atoms with van der Waals surface area (Å²) in [5.41, 5.74) is 5.27. The maximum absolute atomic E-state index is 14.6. The van der Waals surface area contributed by atoms with Gasteiger partial charge in [0.05, 0.1) is 18.1 Å². The van der Waals surface area contributed by atoms with E-state index >= 15 is 0 Å². The monoisotopic (exact) mass is 368 g/mol. The van der Waals surface area contributed by atoms with E-state index in [-0.39, 0.29) is 35.0 Å². The van der Waals surface area contributed by atoms with Crippen LogP contribution in [0.4, 0.5) is 13.2 Å². The summed E-state index contributed by atoms with van der Waals surface area (Å²) in [7, 11) is 0. The van der Waals surface area contributed by atoms with E-state index in [0.29, 0.717) is 0 Å². The van der Waals surface area contributed by atoms with Gasteiger partial charge in [-0.25, -0.2) is 9.18 Å². The SMILES string of the molecule is CCOC(=O)C1=C(C)OC(N)=C(C#N)C1c1ccc(OC(F)F)cc1F. The topological polar surface area (TPSA) is 94.6 Å². The molecule has 1 unspecified atom stereocenters. The molecule has 0 fully saturated rings. The lowest BCUT2D eigenvalue weighted by Gasteiger charge is -2.27. The fourth-order valence-electron chi connectivity index (χ4n) is 2.58. The number of allylic oxidation sites excluding steroid dienone is 2. The Kier molecular flexibility index (Phi) is 5.77. The molecule has 138 valence electrons. The Morgan fingerprint density at radius 1 is 1.46 bits per heavy atom. The van der Waals surface area contributed by atoms with Gasteiger partial charge in [0.2, 0.25) is 5.88 Å². The van der Waals surface area contributed by atoms with Gasteiger partial charge in [-0.15, -0.1) is 0 Å². The normalized spacial score (nSPS) is 17.0. The van der Waals surface area contributed by atoms with Gasteiger partial charge in [0.25, 0.3) is 0 Å². The van der Waals surface area contributed by atoms with Crippen LogP contribution in [-0.2, 0) is 14.3 Å². The fourth-order valence-corrected chi connectivity index (χ4v) is 2.58. The Morgan fingerprint density at radius 2 is 2.15 bits per heavy atom. The molecule has 1 aromatic carbocycles. The number of ether oxygens (including phenoxy) is 3. The molecule has 26 heavy (non-hydrogen) atoms. The summed E-state index contributed by atoms with van der Waals surface area (Å²) in [6, 6.07) is 4.77. The predicted octanol–water partition coefficient (Wildman–Crippen LogP) is 3.07. The number of benzene rings is 1. The zero-order valence-corrected chi connectivity index (χ0v) is 13.9. The molecular weight excluding hydrogens is 353 g/mol. The molecule has 6 nitrogen and oxygen atoms in total. The second kappa shape index (κ2) is 7.82. The van der Waals surface area contributed by atoms with Gasteiger partial charge in [-0.1, -0.05) is 6.07 Å². The van der Waals surface area contributed by atoms with Gasteiger partial charge in [0.1, 0.15) is 29.0 Å². The lowest BCUT2D eigenvalue weighted by Crippen LogP contribution is -2.26. The van der Waals surface area contributed by atoms with Crippen molar-refractivity contribution < 1.29 is 32.2 Å². The van der Waals surface area contributed by atoms with Crippen molar-refractivity contribution in [1.82, 2.24) is 0 Å². The number of hydrogen-bond donors (Lipinski definition) is 1. The molecule has 0 spiro atoms. The third kappa shape index (κ3) is 3.74. The van der Waals surface area contributed by atoms with Crippen molar-refractivity contribution in [2.75, 3.05) is 6.61 Å². The molecule has 1 aliphatic rings. The minimum Gasteiger partial charge on any atom is -0.463 e. The number of nitriles is 1. The third-order valence-corrected chi connectivity index (χ3v) is 3.61. The number of rotatable bonds is 5. The molecule has 1 aliphatic heterocycles. The molecular formula is C17H15F3N2O4. The molecule has 1 aromatic rings. The Labute approximate surface area is 147 Å². The van der Waals surface area contributed by atoms with E-state index in [2.05, 4.69) is 4.74 Å². The van der Waals surface area contributed by atoms with Crippen LogP contribution in [0.3, 0.4) is 0 Å². The first-order chi connectivity index (χ1) is 12.3. The highest BCUT2D eigenvalue weighted by atomic mass is 19.3. The molecule has 2 N–H and O–H groups in total. The molecule has 0 saturated carbocycles. The lowest BCUT2D eigenvalue weighted by molar-refractivity contribution is -0.139. The summed E-state index contributed by atoms with van der Waals surface area (Å²) < 4.78 is 53.4. The Bertz CT molecular complexity index is 828. The van der Waals surface area contributed by atoms with Crippen LogP contribution in [0, 0.1) is 17.1 Å². The maximum atomic E-state index is 14.6. The summed E-state index contributed by atoms with van der Waals surface area (Å²) in [5.74, 6) is -3.59. The first-order valence-corrected chi connectivity index (χ1v) is 7.49. The standard InChI is InChI=1S/C17H15F3N2O4/c1-3-24-16(23)13-8(2)25-15(22)11(7-21)14(13)10-5-4-9(6-12(10)18)26-17(19)20/h4-6,14,17H,3,22H2,1-2H3. The van der Waals surface area contributed by atoms with Crippen molar-refractivity contribution in [2.24, 2.45) is 5.73 Å². The van der Waals surface area contributed by atoms with Gasteiger partial charge in [-0.3, -0.25) is 0 Å². The van der Waals surface area contributed by atoms with Crippen LogP contribution in [0.1, 0.15) is 25.3 Å². The van der Waals surface area contributed by atoms with Crippen molar-refractivity contribution >= 4 is 5.97 Å². The highest BCUT2D eigenvalue weighted by Gasteiger charge is 2.37. The van der Waals surface area contributed by atoms with Crippen molar-refractivity contribution in [3.05, 3.63) is 52.4 Å². The van der Waals surface area contributed by atoms with Crippen LogP contribution in [0.15, 0.2) is 41.0 Å². The average Bonchev–Trinajstić information content (AvgIpc) is 2.54. The maximum Gasteiger partial charge on any atom is 0.387 e. The summed E-state index contributed by atoms with van der Waals surface area (Å²) >= 11 is 0. The minimum absolute atomic E-state index is 0.0487. The molecule has 0 bridgehead atoms. The van der Waals surface area contributed by atoms with E-state index in [4.69, 9.17) is 15.2 Å². The number of hydrogen-bond acceptors (Lipinski definition) is 6. The number of carbonyl (C=O) groups excluding carboxylic acids is 1. The molecule has 2 rings (SSSR count). The van der Waals surface area contributed by atoms with Gasteiger partial charge >= 0.3 is 12.6 Å². The van der Waals surface area contributed by atoms with Crippen molar-refractivity contribution in [3.8, 4) is 11.8 Å². The van der Waals surface area contributed by atoms with E-state index in [1.165, 1.54) is 6.92 Å². The highest BCUT2D eigenvalue weighted by Crippen LogP contribution is 2.41. The van der Waals surface area contributed by atoms with E-state index in [1.807, 2.05) is 0 Å². The quantitative estimate of drug-likeness (QED) is 0.803. The number of carbonyl (C=O) groups is 1. The van der Waals surface area contributed by atoms with Crippen LogP contribution < -0.4 is 10.5 Å². The van der Waals surface area contributed by atoms with E-state index in [0.717, 1.165) is 18.2 Å². The first kappa shape index (κ1) is 19.2. The van der Waals surface area contributed by atoms with E-state index in [1.54, 1.807) is 13.0 Å². The van der Waals surface area contributed by atoms with Crippen molar-refractivity contribution in [3.63, 3.8) is 0 Å². The van der Waals surface area contributed by atoms with Gasteiger partial charge in [-0.2, -0.15) is 14.0 Å². The first-order valence-electron chi connectivity index (χ1n) is 7.49. The number of halogens is 3. The largest absolute Gasteiger partial charge is 0.463 e. The zero-order chi connectivity index (χ0) is 19.4. The molecule has 1 heterocycles. The van der Waals surface area contributed by atoms with E-state index in [9.17, 15) is 23.2 Å². The third-order valence-electron chi connectivity index (χ3n) is 3.61. The smallest absolute Gasteiger partial charge is 0.387 e. The average molecular weight is 368 g/mol. The summed E-state index contributed by atoms with van der Waals surface area (Å²) in [5, 5.41) is 9.38. The van der Waals surface area contributed by atoms with Gasteiger partial charge < -0.3 is 19.9 Å². The molecule has 0 saturated heterocycles. The van der Waals surface area contributed by atoms with Gasteiger partial charge in [-0.05, 0) is 19.9 Å². The van der Waals surface area contributed by atoms with Crippen molar-refractivity contribution in [1.29, 1.82) is 5.26 Å². The zero-order valence-electron chi connectivity index (χ0n) is 13.9. The summed E-state index contributed by atoms with van der Waals surface area (Å²) in [4.78, 5) is 12.3. The van der Waals surface area contributed by atoms with Gasteiger partial charge in [0.15, 0.2) is 0 Å². The number of alkyl halides is 2. The van der Waals surface area contributed by atoms with Crippen molar-refractivity contribution in [2.45, 2.75) is 26.4 Å². The summed E-state index contributed by atoms with van der Waals surface area (Å²) in [6.45, 7) is -0.0656. The predicted molar refractivity (Wildman–Crippen MR) is 83.0 cm³/mol. The lowest BCUT2D eigenvalue weighted by atomic mass is 9.83. The number of nitrogens with two attached hydrogens (primary N) is 1. The van der Waals surface area contributed by atoms with Gasteiger partial charge in [0, 0.05) is 11.6 Å². The molecule has 0 aromatic heterocycles. The second-order valence-corrected chi connectivity index (χ2v) is 5.18. The second-order valence-electron chi connectivity index (χ2n) is 5.18. The fraction of sp³-hybridized carbons (Fsp3) is 0.294. The van der Waals surface area contributed by atoms with Crippen LogP contribution in [0.2, 0.25) is 0 Å². The van der Waals surface area contributed by atoms with Crippen LogP contribution in [0.5, 0.6) is 5.75 Å². The van der Waals surface area contributed by atoms with Crippen LogP contribution in [-0.4, -0.2) is 19.2 Å². The minimum atomic E-state index is -3.12. The Balaban J connectivity index is 2.58. The molecule has 0 amide bonds. The Hall–Kier alpha value is -3.15. The van der Waals surface area contributed by atoms with Crippen LogP contribution >= 0.6 is 0 Å². The number of esters is 1.